The molecule has 136 valence electrons. The van der Waals surface area contributed by atoms with Gasteiger partial charge in [-0.25, -0.2) is 4.98 Å². The number of anilines is 1. The summed E-state index contributed by atoms with van der Waals surface area (Å²) < 4.78 is 7.01. The maximum Gasteiger partial charge on any atom is 0.280 e. The van der Waals surface area contributed by atoms with Gasteiger partial charge in [0.05, 0.1) is 12.9 Å². The van der Waals surface area contributed by atoms with Gasteiger partial charge >= 0.3 is 0 Å². The number of imidazole rings is 1. The first-order valence-electron chi connectivity index (χ1n) is 7.62. The minimum atomic E-state index is -1.17. The van der Waals surface area contributed by atoms with Crippen molar-refractivity contribution < 1.29 is 19.7 Å². The molecule has 12 heteroatoms. The molecule has 8 N–H and O–H groups in total. The molecule has 1 amide bonds. The molecule has 25 heavy (non-hydrogen) atoms. The zero-order valence-electron chi connectivity index (χ0n) is 13.1. The van der Waals surface area contributed by atoms with Gasteiger partial charge in [-0.15, -0.1) is 0 Å². The predicted octanol–water partition coefficient (Wildman–Crippen LogP) is -3.21. The van der Waals surface area contributed by atoms with Gasteiger partial charge < -0.3 is 31.7 Å². The molecular weight excluding hydrogens is 334 g/mol. The highest BCUT2D eigenvalue weighted by Crippen LogP contribution is 2.31. The second kappa shape index (κ2) is 6.76. The van der Waals surface area contributed by atoms with E-state index in [1.165, 1.54) is 10.9 Å². The lowest BCUT2D eigenvalue weighted by Gasteiger charge is -2.22. The van der Waals surface area contributed by atoms with Crippen LogP contribution in [-0.4, -0.2) is 67.0 Å². The molecule has 3 heterocycles. The van der Waals surface area contributed by atoms with E-state index in [4.69, 9.17) is 16.2 Å². The number of hydrogen-bond acceptors (Lipinski definition) is 9. The smallest absolute Gasteiger partial charge is 0.280 e. The van der Waals surface area contributed by atoms with Crippen molar-refractivity contribution in [1.29, 1.82) is 0 Å². The van der Waals surface area contributed by atoms with Crippen molar-refractivity contribution in [1.82, 2.24) is 24.8 Å². The lowest BCUT2D eigenvalue weighted by molar-refractivity contribution is -0.123. The van der Waals surface area contributed by atoms with Gasteiger partial charge in [0.2, 0.25) is 11.9 Å². The van der Waals surface area contributed by atoms with Crippen LogP contribution in [0.15, 0.2) is 11.1 Å². The highest BCUT2D eigenvalue weighted by Gasteiger charge is 2.45. The second-order valence-corrected chi connectivity index (χ2v) is 5.65. The Labute approximate surface area is 140 Å². The first kappa shape index (κ1) is 17.3. The largest absolute Gasteiger partial charge is 0.394 e. The van der Waals surface area contributed by atoms with Crippen LogP contribution in [0.5, 0.6) is 0 Å². The molecule has 0 bridgehead atoms. The number of ether oxygens (including phenoxy) is 1. The van der Waals surface area contributed by atoms with Gasteiger partial charge in [0, 0.05) is 13.0 Å². The third-order valence-electron chi connectivity index (χ3n) is 3.97. The molecule has 0 spiro atoms. The number of nitrogens with zero attached hydrogens (tertiary/aromatic N) is 3. The summed E-state index contributed by atoms with van der Waals surface area (Å²) in [4.78, 5) is 34.1. The topological polar surface area (TPSA) is 194 Å². The van der Waals surface area contributed by atoms with Crippen molar-refractivity contribution in [2.24, 2.45) is 5.73 Å². The van der Waals surface area contributed by atoms with Crippen LogP contribution >= 0.6 is 0 Å². The summed E-state index contributed by atoms with van der Waals surface area (Å²) in [6.07, 6.45) is -1.67. The Balaban J connectivity index is 2.01. The van der Waals surface area contributed by atoms with Crippen LogP contribution in [-0.2, 0) is 9.53 Å². The molecule has 0 aliphatic carbocycles. The number of aliphatic hydroxyl groups excluding tert-OH is 2. The Morgan fingerprint density at radius 3 is 2.96 bits per heavy atom. The Bertz CT molecular complexity index is 834. The number of carbonyl (C=O) groups is 1. The molecule has 0 radical (unpaired) electrons. The second-order valence-electron chi connectivity index (χ2n) is 5.65. The highest BCUT2D eigenvalue weighted by molar-refractivity contribution is 5.76. The number of amides is 1. The van der Waals surface area contributed by atoms with E-state index in [-0.39, 0.29) is 36.0 Å². The lowest BCUT2D eigenvalue weighted by atomic mass is 10.1. The number of nitrogens with two attached hydrogens (primary N) is 2. The third-order valence-corrected chi connectivity index (χ3v) is 3.97. The molecule has 1 fully saturated rings. The number of carbonyl (C=O) groups excluding carboxylic acids is 1. The number of hydrogen-bond donors (Lipinski definition) is 6. The number of aromatic amines is 1. The van der Waals surface area contributed by atoms with Crippen LogP contribution < -0.4 is 22.3 Å². The van der Waals surface area contributed by atoms with E-state index in [0.29, 0.717) is 0 Å². The van der Waals surface area contributed by atoms with E-state index in [1.54, 1.807) is 0 Å². The van der Waals surface area contributed by atoms with Crippen molar-refractivity contribution in [3.05, 3.63) is 16.7 Å². The number of aromatic nitrogens is 4. The Hall–Kier alpha value is -2.54. The lowest BCUT2D eigenvalue weighted by Crippen LogP contribution is -2.47. The first-order chi connectivity index (χ1) is 12.0. The summed E-state index contributed by atoms with van der Waals surface area (Å²) in [6, 6.07) is -0.893. The molecule has 2 aromatic rings. The molecule has 2 aromatic heterocycles. The van der Waals surface area contributed by atoms with Gasteiger partial charge in [-0.05, 0) is 0 Å². The minimum Gasteiger partial charge on any atom is -0.394 e. The summed E-state index contributed by atoms with van der Waals surface area (Å²) in [7, 11) is 0. The number of aliphatic hydroxyl groups is 2. The predicted molar refractivity (Wildman–Crippen MR) is 85.2 cm³/mol. The Morgan fingerprint density at radius 1 is 1.52 bits per heavy atom. The van der Waals surface area contributed by atoms with Gasteiger partial charge in [-0.2, -0.15) is 4.98 Å². The number of H-pyrrole nitrogens is 1. The zero-order valence-corrected chi connectivity index (χ0v) is 13.1. The normalized spacial score (nSPS) is 26.2. The van der Waals surface area contributed by atoms with Crippen molar-refractivity contribution in [2.75, 3.05) is 18.9 Å². The van der Waals surface area contributed by atoms with E-state index in [9.17, 15) is 19.8 Å². The standard InChI is InChI=1S/C13H19N7O5/c14-2-1-6(22)17-7-9(23)5(3-21)25-12(7)20-4-16-8-10(20)18-13(15)19-11(8)24/h4-5,7,9,12,21,23H,1-3,14H2,(H,17,22)(H3,15,18,19,24)/t5-,7?,9+,12-/m1/s1. The monoisotopic (exact) mass is 353 g/mol. The highest BCUT2D eigenvalue weighted by atomic mass is 16.5. The van der Waals surface area contributed by atoms with Crippen molar-refractivity contribution in [3.8, 4) is 0 Å². The van der Waals surface area contributed by atoms with Crippen molar-refractivity contribution in [3.63, 3.8) is 0 Å². The van der Waals surface area contributed by atoms with Gasteiger partial charge in [0.25, 0.3) is 5.56 Å². The van der Waals surface area contributed by atoms with Crippen LogP contribution in [0.25, 0.3) is 11.2 Å². The quantitative estimate of drug-likeness (QED) is 0.320. The molecule has 0 saturated carbocycles. The number of fused-ring (bicyclic) bond motifs is 1. The fourth-order valence-electron chi connectivity index (χ4n) is 2.81. The maximum atomic E-state index is 11.9. The van der Waals surface area contributed by atoms with Crippen LogP contribution in [0.4, 0.5) is 5.95 Å². The summed E-state index contributed by atoms with van der Waals surface area (Å²) in [5, 5.41) is 22.3. The first-order valence-corrected chi connectivity index (χ1v) is 7.62. The number of nitrogens with one attached hydrogen (secondary N) is 2. The van der Waals surface area contributed by atoms with Gasteiger partial charge in [-0.3, -0.25) is 19.1 Å². The molecule has 1 aliphatic rings. The van der Waals surface area contributed by atoms with Gasteiger partial charge in [-0.1, -0.05) is 0 Å². The van der Waals surface area contributed by atoms with Gasteiger partial charge in [0.15, 0.2) is 17.4 Å². The van der Waals surface area contributed by atoms with Crippen LogP contribution in [0.3, 0.4) is 0 Å². The van der Waals surface area contributed by atoms with Crippen LogP contribution in [0.2, 0.25) is 0 Å². The van der Waals surface area contributed by atoms with Crippen molar-refractivity contribution in [2.45, 2.75) is 30.9 Å². The molecule has 3 rings (SSSR count). The zero-order chi connectivity index (χ0) is 18.1. The van der Waals surface area contributed by atoms with E-state index in [0.717, 1.165) is 0 Å². The molecule has 1 saturated heterocycles. The molecule has 0 aromatic carbocycles. The third kappa shape index (κ3) is 3.07. The molecular formula is C13H19N7O5. The number of rotatable bonds is 5. The van der Waals surface area contributed by atoms with E-state index < -0.39 is 36.6 Å². The Morgan fingerprint density at radius 2 is 2.28 bits per heavy atom. The summed E-state index contributed by atoms with van der Waals surface area (Å²) in [5.41, 5.74) is 10.6. The Kier molecular flexibility index (Phi) is 4.67. The maximum absolute atomic E-state index is 11.9. The fraction of sp³-hybridized carbons (Fsp3) is 0.538. The van der Waals surface area contributed by atoms with Crippen LogP contribution in [0.1, 0.15) is 12.6 Å². The summed E-state index contributed by atoms with van der Waals surface area (Å²) >= 11 is 0. The SMILES string of the molecule is NCCC(=O)NC1[C@@H](O)[C@@H](CO)O[C@H]1n1cnc2c(=O)[nH]c(N)nc21. The van der Waals surface area contributed by atoms with Crippen LogP contribution in [0, 0.1) is 0 Å². The number of nitrogen functional groups attached to an aromatic ring is 1. The molecule has 12 nitrogen and oxygen atoms in total. The molecule has 4 atom stereocenters. The van der Waals surface area contributed by atoms with Gasteiger partial charge in [0.1, 0.15) is 18.2 Å². The average molecular weight is 353 g/mol. The summed E-state index contributed by atoms with van der Waals surface area (Å²) in [5.74, 6) is -0.492. The van der Waals surface area contributed by atoms with E-state index in [1.807, 2.05) is 0 Å². The fourth-order valence-corrected chi connectivity index (χ4v) is 2.81. The van der Waals surface area contributed by atoms with Crippen molar-refractivity contribution >= 4 is 23.0 Å². The van der Waals surface area contributed by atoms with E-state index >= 15 is 0 Å². The summed E-state index contributed by atoms with van der Waals surface area (Å²) in [6.45, 7) is -0.311. The average Bonchev–Trinajstić information content (AvgIpc) is 3.10. The minimum absolute atomic E-state index is 0.0340. The molecule has 1 unspecified atom stereocenters. The molecule has 1 aliphatic heterocycles. The van der Waals surface area contributed by atoms with E-state index in [2.05, 4.69) is 20.3 Å².